The van der Waals surface area contributed by atoms with Crippen LogP contribution < -0.4 is 5.32 Å². The monoisotopic (exact) mass is 311 g/mol. The van der Waals surface area contributed by atoms with Crippen molar-refractivity contribution >= 4 is 15.7 Å². The van der Waals surface area contributed by atoms with Crippen molar-refractivity contribution in [2.75, 3.05) is 18.4 Å². The van der Waals surface area contributed by atoms with E-state index in [-0.39, 0.29) is 11.1 Å². The predicted octanol–water partition coefficient (Wildman–Crippen LogP) is 2.71. The Morgan fingerprint density at radius 2 is 2.14 bits per heavy atom. The highest BCUT2D eigenvalue weighted by Gasteiger charge is 2.35. The van der Waals surface area contributed by atoms with Crippen molar-refractivity contribution in [1.82, 2.24) is 9.29 Å². The number of aromatic nitrogens is 1. The zero-order valence-electron chi connectivity index (χ0n) is 13.0. The number of pyridine rings is 1. The van der Waals surface area contributed by atoms with Gasteiger partial charge in [0.05, 0.1) is 5.69 Å². The molecule has 1 fully saturated rings. The molecule has 0 aliphatic carbocycles. The van der Waals surface area contributed by atoms with E-state index in [4.69, 9.17) is 0 Å². The van der Waals surface area contributed by atoms with E-state index >= 15 is 0 Å². The van der Waals surface area contributed by atoms with E-state index < -0.39 is 10.0 Å². The van der Waals surface area contributed by atoms with Crippen LogP contribution in [0.5, 0.6) is 0 Å². The Hall–Kier alpha value is -1.14. The Bertz CT molecular complexity index is 574. The smallest absolute Gasteiger partial charge is 0.262 e. The van der Waals surface area contributed by atoms with Crippen LogP contribution in [0, 0.1) is 5.92 Å². The maximum Gasteiger partial charge on any atom is 0.262 e. The number of rotatable bonds is 5. The molecular formula is C15H25N3O2S. The Morgan fingerprint density at radius 3 is 2.86 bits per heavy atom. The van der Waals surface area contributed by atoms with Crippen molar-refractivity contribution < 1.29 is 8.42 Å². The highest BCUT2D eigenvalue weighted by atomic mass is 32.2. The molecule has 0 aromatic carbocycles. The molecule has 1 aromatic rings. The van der Waals surface area contributed by atoms with Gasteiger partial charge < -0.3 is 5.32 Å². The summed E-state index contributed by atoms with van der Waals surface area (Å²) in [6.45, 7) is 7.44. The van der Waals surface area contributed by atoms with Gasteiger partial charge in [0.1, 0.15) is 0 Å². The van der Waals surface area contributed by atoms with Gasteiger partial charge >= 0.3 is 0 Å². The summed E-state index contributed by atoms with van der Waals surface area (Å²) in [4.78, 5) is 4.15. The standard InChI is InChI=1S/C15H25N3O2S/c1-4-9-16-14-6-5-10-17-15(14)21(19,20)18-11-12(2)7-8-13(18)3/h5-6,10,12-13,16H,4,7-9,11H2,1-3H3. The van der Waals surface area contributed by atoms with Crippen molar-refractivity contribution in [3.63, 3.8) is 0 Å². The van der Waals surface area contributed by atoms with Gasteiger partial charge in [-0.2, -0.15) is 4.31 Å². The van der Waals surface area contributed by atoms with Crippen LogP contribution in [0.15, 0.2) is 23.4 Å². The van der Waals surface area contributed by atoms with Crippen LogP contribution in [0.1, 0.15) is 40.0 Å². The first kappa shape index (κ1) is 16.2. The van der Waals surface area contributed by atoms with Gasteiger partial charge in [0.25, 0.3) is 10.0 Å². The van der Waals surface area contributed by atoms with Crippen LogP contribution in [0.2, 0.25) is 0 Å². The second kappa shape index (κ2) is 6.75. The van der Waals surface area contributed by atoms with Gasteiger partial charge in [0, 0.05) is 25.3 Å². The van der Waals surface area contributed by atoms with E-state index in [2.05, 4.69) is 17.2 Å². The highest BCUT2D eigenvalue weighted by Crippen LogP contribution is 2.29. The minimum atomic E-state index is -3.55. The Labute approximate surface area is 127 Å². The lowest BCUT2D eigenvalue weighted by Crippen LogP contribution is -2.45. The minimum absolute atomic E-state index is 0.0345. The van der Waals surface area contributed by atoms with Gasteiger partial charge in [-0.15, -0.1) is 0 Å². The van der Waals surface area contributed by atoms with Crippen molar-refractivity contribution in [2.45, 2.75) is 51.1 Å². The first-order chi connectivity index (χ1) is 9.96. The molecule has 5 nitrogen and oxygen atoms in total. The number of hydrogen-bond donors (Lipinski definition) is 1. The third-order valence-corrected chi connectivity index (χ3v) is 5.89. The number of sulfonamides is 1. The van der Waals surface area contributed by atoms with Crippen molar-refractivity contribution in [2.24, 2.45) is 5.92 Å². The summed E-state index contributed by atoms with van der Waals surface area (Å²) in [6, 6.07) is 3.58. The fraction of sp³-hybridized carbons (Fsp3) is 0.667. The molecule has 1 aromatic heterocycles. The van der Waals surface area contributed by atoms with Crippen molar-refractivity contribution in [3.8, 4) is 0 Å². The molecule has 0 bridgehead atoms. The molecule has 0 amide bonds. The molecule has 2 rings (SSSR count). The molecule has 1 aliphatic heterocycles. The molecule has 2 heterocycles. The highest BCUT2D eigenvalue weighted by molar-refractivity contribution is 7.89. The Balaban J connectivity index is 2.34. The zero-order chi connectivity index (χ0) is 15.5. The van der Waals surface area contributed by atoms with Crippen LogP contribution in [0.3, 0.4) is 0 Å². The number of hydrogen-bond acceptors (Lipinski definition) is 4. The van der Waals surface area contributed by atoms with Crippen LogP contribution in [0.4, 0.5) is 5.69 Å². The maximum absolute atomic E-state index is 13.0. The van der Waals surface area contributed by atoms with Gasteiger partial charge in [0.15, 0.2) is 5.03 Å². The molecule has 2 unspecified atom stereocenters. The molecule has 0 spiro atoms. The summed E-state index contributed by atoms with van der Waals surface area (Å²) in [6.07, 6.45) is 4.47. The topological polar surface area (TPSA) is 62.3 Å². The minimum Gasteiger partial charge on any atom is -0.383 e. The van der Waals surface area contributed by atoms with E-state index in [1.54, 1.807) is 22.6 Å². The summed E-state index contributed by atoms with van der Waals surface area (Å²) in [5.74, 6) is 0.395. The first-order valence-corrected chi connectivity index (χ1v) is 9.11. The van der Waals surface area contributed by atoms with Gasteiger partial charge in [-0.1, -0.05) is 13.8 Å². The normalized spacial score (nSPS) is 24.0. The lowest BCUT2D eigenvalue weighted by atomic mass is 9.97. The Morgan fingerprint density at radius 1 is 1.38 bits per heavy atom. The maximum atomic E-state index is 13.0. The fourth-order valence-corrected chi connectivity index (χ4v) is 4.55. The lowest BCUT2D eigenvalue weighted by Gasteiger charge is -2.35. The summed E-state index contributed by atoms with van der Waals surface area (Å²) in [5.41, 5.74) is 0.602. The van der Waals surface area contributed by atoms with E-state index in [0.717, 1.165) is 25.8 Å². The van der Waals surface area contributed by atoms with Gasteiger partial charge in [-0.25, -0.2) is 13.4 Å². The van der Waals surface area contributed by atoms with Gasteiger partial charge in [-0.05, 0) is 44.2 Å². The quantitative estimate of drug-likeness (QED) is 0.908. The Kier molecular flexibility index (Phi) is 5.22. The third-order valence-electron chi connectivity index (χ3n) is 3.95. The number of nitrogens with one attached hydrogen (secondary N) is 1. The average Bonchev–Trinajstić information content (AvgIpc) is 2.47. The summed E-state index contributed by atoms with van der Waals surface area (Å²) >= 11 is 0. The largest absolute Gasteiger partial charge is 0.383 e. The van der Waals surface area contributed by atoms with E-state index in [0.29, 0.717) is 18.2 Å². The molecule has 0 saturated carbocycles. The number of nitrogens with zero attached hydrogens (tertiary/aromatic N) is 2. The van der Waals surface area contributed by atoms with Crippen LogP contribution in [0.25, 0.3) is 0 Å². The number of anilines is 1. The molecular weight excluding hydrogens is 286 g/mol. The fourth-order valence-electron chi connectivity index (χ4n) is 2.68. The molecule has 6 heteroatoms. The molecule has 1 aliphatic rings. The van der Waals surface area contributed by atoms with E-state index in [9.17, 15) is 8.42 Å². The van der Waals surface area contributed by atoms with Crippen molar-refractivity contribution in [1.29, 1.82) is 0 Å². The molecule has 1 saturated heterocycles. The summed E-state index contributed by atoms with van der Waals surface area (Å²) < 4.78 is 27.5. The molecule has 1 N–H and O–H groups in total. The third kappa shape index (κ3) is 3.55. The van der Waals surface area contributed by atoms with Gasteiger partial charge in [-0.3, -0.25) is 0 Å². The van der Waals surface area contributed by atoms with Crippen LogP contribution in [-0.2, 0) is 10.0 Å². The summed E-state index contributed by atoms with van der Waals surface area (Å²) in [7, 11) is -3.55. The molecule has 21 heavy (non-hydrogen) atoms. The second-order valence-electron chi connectivity index (χ2n) is 5.89. The van der Waals surface area contributed by atoms with Crippen molar-refractivity contribution in [3.05, 3.63) is 18.3 Å². The lowest BCUT2D eigenvalue weighted by molar-refractivity contribution is 0.217. The van der Waals surface area contributed by atoms with Gasteiger partial charge in [0.2, 0.25) is 0 Å². The molecule has 0 radical (unpaired) electrons. The SMILES string of the molecule is CCCNc1cccnc1S(=O)(=O)N1CC(C)CCC1C. The first-order valence-electron chi connectivity index (χ1n) is 7.67. The zero-order valence-corrected chi connectivity index (χ0v) is 13.9. The predicted molar refractivity (Wildman–Crippen MR) is 84.8 cm³/mol. The second-order valence-corrected chi connectivity index (χ2v) is 7.70. The van der Waals surface area contributed by atoms with Crippen LogP contribution >= 0.6 is 0 Å². The molecule has 2 atom stereocenters. The van der Waals surface area contributed by atoms with E-state index in [1.165, 1.54) is 0 Å². The molecule has 118 valence electrons. The van der Waals surface area contributed by atoms with Crippen LogP contribution in [-0.4, -0.2) is 36.8 Å². The number of piperidine rings is 1. The average molecular weight is 311 g/mol. The van der Waals surface area contributed by atoms with E-state index in [1.807, 2.05) is 13.8 Å². The summed E-state index contributed by atoms with van der Waals surface area (Å²) in [5, 5.41) is 3.32.